The van der Waals surface area contributed by atoms with E-state index in [-0.39, 0.29) is 11.6 Å². The molecule has 7 heteroatoms. The maximum atomic E-state index is 12.3. The highest BCUT2D eigenvalue weighted by molar-refractivity contribution is 5.91. The van der Waals surface area contributed by atoms with Gasteiger partial charge in [-0.15, -0.1) is 13.2 Å². The van der Waals surface area contributed by atoms with Gasteiger partial charge in [0.1, 0.15) is 5.75 Å². The van der Waals surface area contributed by atoms with Gasteiger partial charge in [0.05, 0.1) is 6.54 Å². The minimum absolute atomic E-state index is 0.155. The molecular formula is C22H21F3N2O2. The van der Waals surface area contributed by atoms with Crippen LogP contribution in [0, 0.1) is 6.92 Å². The maximum absolute atomic E-state index is 12.3. The van der Waals surface area contributed by atoms with E-state index in [0.29, 0.717) is 6.54 Å². The van der Waals surface area contributed by atoms with Crippen molar-refractivity contribution in [3.63, 3.8) is 0 Å². The summed E-state index contributed by atoms with van der Waals surface area (Å²) in [5, 5.41) is 12.4. The number of nitrogens with zero attached hydrogens (tertiary/aromatic N) is 2. The summed E-state index contributed by atoms with van der Waals surface area (Å²) in [6.07, 6.45) is 1.47. The Hall–Kier alpha value is -2.93. The molecule has 3 aromatic rings. The van der Waals surface area contributed by atoms with E-state index in [0.717, 1.165) is 41.5 Å². The number of halogens is 3. The Kier molecular flexibility index (Phi) is 5.00. The van der Waals surface area contributed by atoms with Gasteiger partial charge in [-0.05, 0) is 41.8 Å². The molecule has 4 rings (SSSR count). The Balaban J connectivity index is 1.56. The zero-order valence-corrected chi connectivity index (χ0v) is 15.9. The van der Waals surface area contributed by atoms with Gasteiger partial charge < -0.3 is 14.4 Å². The number of aromatic nitrogens is 1. The molecule has 0 saturated carbocycles. The molecule has 0 radical (unpaired) electrons. The van der Waals surface area contributed by atoms with Crippen molar-refractivity contribution in [2.75, 3.05) is 13.1 Å². The fourth-order valence-electron chi connectivity index (χ4n) is 3.79. The largest absolute Gasteiger partial charge is 0.573 e. The predicted molar refractivity (Wildman–Crippen MR) is 105 cm³/mol. The lowest BCUT2D eigenvalue weighted by atomic mass is 10.1. The number of ether oxygens (including phenoxy) is 1. The normalized spacial score (nSPS) is 14.8. The molecule has 1 aliphatic rings. The second-order valence-electron chi connectivity index (χ2n) is 7.31. The molecule has 0 unspecified atom stereocenters. The number of aryl methyl sites for hydroxylation is 1. The summed E-state index contributed by atoms with van der Waals surface area (Å²) in [5.74, 6) is -0.109. The molecule has 4 nitrogen and oxygen atoms in total. The molecule has 1 aliphatic heterocycles. The van der Waals surface area contributed by atoms with Crippen molar-refractivity contribution in [1.82, 2.24) is 9.47 Å². The Morgan fingerprint density at radius 2 is 1.69 bits per heavy atom. The topological polar surface area (TPSA) is 37.6 Å². The Bertz CT molecular complexity index is 1040. The van der Waals surface area contributed by atoms with Crippen LogP contribution in [0.2, 0.25) is 0 Å². The quantitative estimate of drug-likeness (QED) is 0.612. The van der Waals surface area contributed by atoms with Gasteiger partial charge in [-0.2, -0.15) is 0 Å². The number of hydrogen-bond acceptors (Lipinski definition) is 3. The van der Waals surface area contributed by atoms with E-state index < -0.39 is 6.36 Å². The summed E-state index contributed by atoms with van der Waals surface area (Å²) in [4.78, 5) is 2.32. The number of aromatic hydroxyl groups is 1. The van der Waals surface area contributed by atoms with E-state index in [1.54, 1.807) is 16.7 Å². The molecule has 2 heterocycles. The van der Waals surface area contributed by atoms with E-state index in [1.165, 1.54) is 17.7 Å². The molecule has 2 aromatic carbocycles. The van der Waals surface area contributed by atoms with E-state index >= 15 is 0 Å². The van der Waals surface area contributed by atoms with Crippen LogP contribution >= 0.6 is 0 Å². The number of benzene rings is 2. The summed E-state index contributed by atoms with van der Waals surface area (Å²) >= 11 is 0. The first-order chi connectivity index (χ1) is 13.8. The minimum Gasteiger partial charge on any atom is -0.494 e. The third-order valence-corrected chi connectivity index (χ3v) is 5.03. The summed E-state index contributed by atoms with van der Waals surface area (Å²) < 4.78 is 42.5. The highest BCUT2D eigenvalue weighted by Gasteiger charge is 2.30. The summed E-state index contributed by atoms with van der Waals surface area (Å²) in [5.41, 5.74) is 2.94. The third-order valence-electron chi connectivity index (χ3n) is 5.03. The van der Waals surface area contributed by atoms with E-state index in [1.807, 2.05) is 13.1 Å². The van der Waals surface area contributed by atoms with Crippen LogP contribution in [0.15, 0.2) is 54.7 Å². The smallest absolute Gasteiger partial charge is 0.494 e. The van der Waals surface area contributed by atoms with Crippen LogP contribution in [0.1, 0.15) is 16.7 Å². The average molecular weight is 402 g/mol. The molecule has 0 bridgehead atoms. The Labute approximate surface area is 166 Å². The predicted octanol–water partition coefficient (Wildman–Crippen LogP) is 4.97. The van der Waals surface area contributed by atoms with Crippen molar-refractivity contribution in [2.24, 2.45) is 0 Å². The van der Waals surface area contributed by atoms with Gasteiger partial charge >= 0.3 is 6.36 Å². The van der Waals surface area contributed by atoms with Crippen LogP contribution in [0.5, 0.6) is 11.6 Å². The highest BCUT2D eigenvalue weighted by Crippen LogP contribution is 2.32. The Morgan fingerprint density at radius 1 is 1.00 bits per heavy atom. The fourth-order valence-corrected chi connectivity index (χ4v) is 3.79. The standard InChI is InChI=1S/C22H21F3N2O2/c1-15-10-17(12-26-8-2-3-9-26)11-18-14-27(21(28)20(15)18)13-16-4-6-19(7-5-16)29-22(23,24)25/h2-7,10-11,14,28H,8-9,12-13H2,1H3. The van der Waals surface area contributed by atoms with Crippen molar-refractivity contribution in [3.8, 4) is 11.6 Å². The molecule has 0 spiro atoms. The van der Waals surface area contributed by atoms with Crippen LogP contribution in [0.4, 0.5) is 13.2 Å². The van der Waals surface area contributed by atoms with Gasteiger partial charge in [0, 0.05) is 36.6 Å². The molecule has 29 heavy (non-hydrogen) atoms. The van der Waals surface area contributed by atoms with Crippen LogP contribution in [0.25, 0.3) is 10.8 Å². The van der Waals surface area contributed by atoms with Crippen LogP contribution in [-0.4, -0.2) is 34.0 Å². The number of rotatable bonds is 5. The zero-order valence-electron chi connectivity index (χ0n) is 15.9. The maximum Gasteiger partial charge on any atom is 0.573 e. The van der Waals surface area contributed by atoms with Gasteiger partial charge in [-0.25, -0.2) is 0 Å². The van der Waals surface area contributed by atoms with Gasteiger partial charge in [-0.1, -0.05) is 30.4 Å². The first-order valence-corrected chi connectivity index (χ1v) is 9.32. The molecule has 1 aromatic heterocycles. The van der Waals surface area contributed by atoms with Crippen molar-refractivity contribution >= 4 is 10.8 Å². The third kappa shape index (κ3) is 4.40. The molecule has 152 valence electrons. The molecular weight excluding hydrogens is 381 g/mol. The van der Waals surface area contributed by atoms with Crippen LogP contribution in [0.3, 0.4) is 0 Å². The molecule has 0 aliphatic carbocycles. The first kappa shape index (κ1) is 19.4. The van der Waals surface area contributed by atoms with Crippen LogP contribution in [-0.2, 0) is 13.1 Å². The van der Waals surface area contributed by atoms with Gasteiger partial charge in [-0.3, -0.25) is 4.90 Å². The van der Waals surface area contributed by atoms with E-state index in [4.69, 9.17) is 0 Å². The van der Waals surface area contributed by atoms with Gasteiger partial charge in [0.2, 0.25) is 0 Å². The fraction of sp³-hybridized carbons (Fsp3) is 0.273. The Morgan fingerprint density at radius 3 is 2.34 bits per heavy atom. The monoisotopic (exact) mass is 402 g/mol. The molecule has 1 N–H and O–H groups in total. The van der Waals surface area contributed by atoms with E-state index in [9.17, 15) is 18.3 Å². The first-order valence-electron chi connectivity index (χ1n) is 9.32. The van der Waals surface area contributed by atoms with E-state index in [2.05, 4.69) is 33.9 Å². The minimum atomic E-state index is -4.71. The zero-order chi connectivity index (χ0) is 20.6. The summed E-state index contributed by atoms with van der Waals surface area (Å²) in [6.45, 7) is 5.05. The summed E-state index contributed by atoms with van der Waals surface area (Å²) in [6, 6.07) is 9.84. The lowest BCUT2D eigenvalue weighted by Crippen LogP contribution is -2.19. The van der Waals surface area contributed by atoms with Crippen molar-refractivity contribution in [2.45, 2.75) is 26.4 Å². The summed E-state index contributed by atoms with van der Waals surface area (Å²) in [7, 11) is 0. The second-order valence-corrected chi connectivity index (χ2v) is 7.31. The van der Waals surface area contributed by atoms with Crippen LogP contribution < -0.4 is 4.74 Å². The lowest BCUT2D eigenvalue weighted by Gasteiger charge is -2.15. The molecule has 0 atom stereocenters. The SMILES string of the molecule is Cc1cc(CN2CC=CC2)cc2cn(Cc3ccc(OC(F)(F)F)cc3)c(O)c12. The molecule has 0 saturated heterocycles. The molecule has 0 fully saturated rings. The van der Waals surface area contributed by atoms with Gasteiger partial charge in [0.25, 0.3) is 0 Å². The molecule has 0 amide bonds. The number of fused-ring (bicyclic) bond motifs is 1. The van der Waals surface area contributed by atoms with Crippen molar-refractivity contribution in [3.05, 3.63) is 71.4 Å². The average Bonchev–Trinajstić information content (AvgIpc) is 3.24. The lowest BCUT2D eigenvalue weighted by molar-refractivity contribution is -0.274. The van der Waals surface area contributed by atoms with Crippen molar-refractivity contribution < 1.29 is 23.0 Å². The number of hydrogen-bond donors (Lipinski definition) is 1. The highest BCUT2D eigenvalue weighted by atomic mass is 19.4. The van der Waals surface area contributed by atoms with Gasteiger partial charge in [0.15, 0.2) is 5.88 Å². The second kappa shape index (κ2) is 7.48. The number of alkyl halides is 3. The van der Waals surface area contributed by atoms with Crippen molar-refractivity contribution in [1.29, 1.82) is 0 Å².